The predicted molar refractivity (Wildman–Crippen MR) is 111 cm³/mol. The molecule has 148 valence electrons. The van der Waals surface area contributed by atoms with E-state index in [0.717, 1.165) is 43.5 Å². The van der Waals surface area contributed by atoms with Gasteiger partial charge in [-0.3, -0.25) is 4.90 Å². The van der Waals surface area contributed by atoms with Crippen LogP contribution >= 0.6 is 0 Å². The molecule has 1 aliphatic rings. The van der Waals surface area contributed by atoms with E-state index in [2.05, 4.69) is 76.6 Å². The number of anilines is 1. The molecule has 1 N–H and O–H groups in total. The summed E-state index contributed by atoms with van der Waals surface area (Å²) < 4.78 is 0. The maximum atomic E-state index is 4.84. The second-order valence-electron chi connectivity index (χ2n) is 9.66. The molecular formula is C21H39N5. The van der Waals surface area contributed by atoms with Crippen LogP contribution in [-0.2, 0) is 10.8 Å². The van der Waals surface area contributed by atoms with E-state index in [9.17, 15) is 0 Å². The van der Waals surface area contributed by atoms with Crippen LogP contribution in [0.25, 0.3) is 0 Å². The topological polar surface area (TPSA) is 44.3 Å². The average molecular weight is 362 g/mol. The van der Waals surface area contributed by atoms with Gasteiger partial charge in [-0.25, -0.2) is 9.97 Å². The molecule has 0 aliphatic carbocycles. The number of aromatic nitrogens is 2. The molecule has 26 heavy (non-hydrogen) atoms. The standard InChI is InChI=1S/C21H39N5/c1-9-25-10-12-26(13-11-25)16(2)15-22-18-14-17(20(3,4)5)23-19(24-18)21(6,7)8/h14,16H,9-13,15H2,1-8H3,(H,22,23,24). The van der Waals surface area contributed by atoms with Crippen LogP contribution in [0.2, 0.25) is 0 Å². The first-order chi connectivity index (χ1) is 12.0. The summed E-state index contributed by atoms with van der Waals surface area (Å²) in [6.45, 7) is 24.4. The molecule has 0 saturated carbocycles. The van der Waals surface area contributed by atoms with Crippen LogP contribution in [0.15, 0.2) is 6.07 Å². The van der Waals surface area contributed by atoms with E-state index in [4.69, 9.17) is 9.97 Å². The Kier molecular flexibility index (Phi) is 6.67. The fourth-order valence-electron chi connectivity index (χ4n) is 3.16. The normalized spacial score (nSPS) is 18.8. The zero-order valence-electron chi connectivity index (χ0n) is 18.2. The first kappa shape index (κ1) is 21.1. The van der Waals surface area contributed by atoms with Gasteiger partial charge >= 0.3 is 0 Å². The first-order valence-corrected chi connectivity index (χ1v) is 10.1. The first-order valence-electron chi connectivity index (χ1n) is 10.1. The summed E-state index contributed by atoms with van der Waals surface area (Å²) >= 11 is 0. The molecule has 2 rings (SSSR count). The molecule has 0 spiro atoms. The minimum Gasteiger partial charge on any atom is -0.368 e. The molecular weight excluding hydrogens is 322 g/mol. The molecule has 5 nitrogen and oxygen atoms in total. The molecule has 1 atom stereocenters. The molecule has 0 aromatic carbocycles. The Morgan fingerprint density at radius 1 is 1.00 bits per heavy atom. The van der Waals surface area contributed by atoms with E-state index in [1.54, 1.807) is 0 Å². The number of likely N-dealkylation sites (N-methyl/N-ethyl adjacent to an activating group) is 1. The van der Waals surface area contributed by atoms with Crippen molar-refractivity contribution in [3.05, 3.63) is 17.6 Å². The quantitative estimate of drug-likeness (QED) is 0.869. The fourth-order valence-corrected chi connectivity index (χ4v) is 3.16. The van der Waals surface area contributed by atoms with E-state index in [1.807, 2.05) is 0 Å². The van der Waals surface area contributed by atoms with Gasteiger partial charge < -0.3 is 10.2 Å². The Morgan fingerprint density at radius 3 is 2.12 bits per heavy atom. The summed E-state index contributed by atoms with van der Waals surface area (Å²) in [6, 6.07) is 2.62. The van der Waals surface area contributed by atoms with Gasteiger partial charge in [-0.05, 0) is 13.5 Å². The summed E-state index contributed by atoms with van der Waals surface area (Å²) in [6.07, 6.45) is 0. The van der Waals surface area contributed by atoms with Crippen LogP contribution in [0, 0.1) is 0 Å². The monoisotopic (exact) mass is 361 g/mol. The lowest BCUT2D eigenvalue weighted by atomic mass is 9.90. The SMILES string of the molecule is CCN1CCN(C(C)CNc2cc(C(C)(C)C)nc(C(C)(C)C)n2)CC1. The Morgan fingerprint density at radius 2 is 1.62 bits per heavy atom. The summed E-state index contributed by atoms with van der Waals surface area (Å²) in [5.74, 6) is 1.87. The summed E-state index contributed by atoms with van der Waals surface area (Å²) in [5.41, 5.74) is 1.06. The van der Waals surface area contributed by atoms with Gasteiger partial charge in [0, 0.05) is 55.7 Å². The van der Waals surface area contributed by atoms with E-state index < -0.39 is 0 Å². The van der Waals surface area contributed by atoms with Gasteiger partial charge in [0.1, 0.15) is 11.6 Å². The highest BCUT2D eigenvalue weighted by molar-refractivity contribution is 5.39. The van der Waals surface area contributed by atoms with Crippen LogP contribution in [0.4, 0.5) is 5.82 Å². The van der Waals surface area contributed by atoms with Crippen LogP contribution < -0.4 is 5.32 Å². The van der Waals surface area contributed by atoms with Crippen molar-refractivity contribution in [1.29, 1.82) is 0 Å². The number of hydrogen-bond donors (Lipinski definition) is 1. The lowest BCUT2D eigenvalue weighted by Crippen LogP contribution is -2.51. The Bertz CT molecular complexity index is 545. The highest BCUT2D eigenvalue weighted by Gasteiger charge is 2.24. The molecule has 1 aromatic heterocycles. The largest absolute Gasteiger partial charge is 0.368 e. The molecule has 1 aliphatic heterocycles. The van der Waals surface area contributed by atoms with E-state index in [0.29, 0.717) is 6.04 Å². The van der Waals surface area contributed by atoms with Crippen molar-refractivity contribution in [2.24, 2.45) is 0 Å². The summed E-state index contributed by atoms with van der Waals surface area (Å²) in [4.78, 5) is 14.8. The number of hydrogen-bond acceptors (Lipinski definition) is 5. The summed E-state index contributed by atoms with van der Waals surface area (Å²) in [5, 5.41) is 3.59. The number of nitrogens with zero attached hydrogens (tertiary/aromatic N) is 4. The molecule has 1 fully saturated rings. The van der Waals surface area contributed by atoms with Crippen molar-refractivity contribution in [2.75, 3.05) is 44.6 Å². The smallest absolute Gasteiger partial charge is 0.136 e. The van der Waals surface area contributed by atoms with Gasteiger partial charge in [0.05, 0.1) is 5.69 Å². The molecule has 5 heteroatoms. The summed E-state index contributed by atoms with van der Waals surface area (Å²) in [7, 11) is 0. The number of piperazine rings is 1. The zero-order chi connectivity index (χ0) is 19.5. The molecule has 1 saturated heterocycles. The minimum atomic E-state index is -0.0558. The van der Waals surface area contributed by atoms with Crippen molar-refractivity contribution in [3.63, 3.8) is 0 Å². The number of rotatable bonds is 5. The Hall–Kier alpha value is -1.20. The molecule has 0 amide bonds. The van der Waals surface area contributed by atoms with Crippen molar-refractivity contribution in [1.82, 2.24) is 19.8 Å². The van der Waals surface area contributed by atoms with Crippen LogP contribution in [0.3, 0.4) is 0 Å². The van der Waals surface area contributed by atoms with Crippen LogP contribution in [0.5, 0.6) is 0 Å². The van der Waals surface area contributed by atoms with E-state index in [1.165, 1.54) is 13.1 Å². The maximum absolute atomic E-state index is 4.84. The van der Waals surface area contributed by atoms with Gasteiger partial charge in [0.15, 0.2) is 0 Å². The van der Waals surface area contributed by atoms with Crippen LogP contribution in [0.1, 0.15) is 66.9 Å². The van der Waals surface area contributed by atoms with Gasteiger partial charge in [-0.15, -0.1) is 0 Å². The predicted octanol–water partition coefficient (Wildman–Crippen LogP) is 3.51. The van der Waals surface area contributed by atoms with Gasteiger partial charge in [0.25, 0.3) is 0 Å². The number of nitrogens with one attached hydrogen (secondary N) is 1. The van der Waals surface area contributed by atoms with Crippen molar-refractivity contribution in [2.45, 2.75) is 72.3 Å². The van der Waals surface area contributed by atoms with Crippen molar-refractivity contribution in [3.8, 4) is 0 Å². The van der Waals surface area contributed by atoms with Crippen LogP contribution in [-0.4, -0.2) is 65.1 Å². The minimum absolute atomic E-state index is 0.0153. The third kappa shape index (κ3) is 5.65. The van der Waals surface area contributed by atoms with E-state index in [-0.39, 0.29) is 10.8 Å². The zero-order valence-corrected chi connectivity index (χ0v) is 18.2. The van der Waals surface area contributed by atoms with Gasteiger partial charge in [-0.1, -0.05) is 48.5 Å². The average Bonchev–Trinajstić information content (AvgIpc) is 2.58. The Balaban J connectivity index is 2.06. The van der Waals surface area contributed by atoms with E-state index >= 15 is 0 Å². The van der Waals surface area contributed by atoms with Crippen molar-refractivity contribution >= 4 is 5.82 Å². The second-order valence-corrected chi connectivity index (χ2v) is 9.66. The van der Waals surface area contributed by atoms with Crippen molar-refractivity contribution < 1.29 is 0 Å². The molecule has 1 aromatic rings. The molecule has 0 radical (unpaired) electrons. The maximum Gasteiger partial charge on any atom is 0.136 e. The molecule has 1 unspecified atom stereocenters. The third-order valence-corrected chi connectivity index (χ3v) is 5.22. The lowest BCUT2D eigenvalue weighted by Gasteiger charge is -2.37. The fraction of sp³-hybridized carbons (Fsp3) is 0.810. The molecule has 2 heterocycles. The highest BCUT2D eigenvalue weighted by Crippen LogP contribution is 2.26. The molecule has 0 bridgehead atoms. The Labute approximate surface area is 160 Å². The lowest BCUT2D eigenvalue weighted by molar-refractivity contribution is 0.110. The van der Waals surface area contributed by atoms with Gasteiger partial charge in [-0.2, -0.15) is 0 Å². The van der Waals surface area contributed by atoms with Gasteiger partial charge in [0.2, 0.25) is 0 Å². The second kappa shape index (κ2) is 8.22. The highest BCUT2D eigenvalue weighted by atomic mass is 15.3. The third-order valence-electron chi connectivity index (χ3n) is 5.22.